The van der Waals surface area contributed by atoms with Crippen molar-refractivity contribution >= 4 is 73.6 Å². The Bertz CT molecular complexity index is 3020. The van der Waals surface area contributed by atoms with Crippen molar-refractivity contribution in [1.82, 2.24) is 29.8 Å². The first kappa shape index (κ1) is 62.8. The number of carbonyl (C=O) groups is 5. The molecule has 0 unspecified atom stereocenters. The first-order chi connectivity index (χ1) is 37.5. The first-order valence-corrected chi connectivity index (χ1v) is 29.7. The number of methoxy groups -OCH3 is 2. The number of amides is 5. The van der Waals surface area contributed by atoms with Gasteiger partial charge in [-0.2, -0.15) is 0 Å². The van der Waals surface area contributed by atoms with Gasteiger partial charge in [-0.15, -0.1) is 12.4 Å². The van der Waals surface area contributed by atoms with Crippen molar-refractivity contribution in [1.29, 1.82) is 0 Å². The van der Waals surface area contributed by atoms with Crippen LogP contribution in [0.3, 0.4) is 0 Å². The van der Waals surface area contributed by atoms with Crippen molar-refractivity contribution in [3.8, 4) is 0 Å². The highest BCUT2D eigenvalue weighted by atomic mass is 35.5. The molecule has 4 aromatic carbocycles. The van der Waals surface area contributed by atoms with Crippen molar-refractivity contribution < 1.29 is 63.8 Å². The van der Waals surface area contributed by atoms with Gasteiger partial charge in [-0.05, 0) is 80.4 Å². The number of ether oxygens (including phenoxy) is 3. The highest BCUT2D eigenvalue weighted by molar-refractivity contribution is 7.91. The largest absolute Gasteiger partial charge is 0.465 e. The Hall–Kier alpha value is -6.44. The molecule has 4 heterocycles. The summed E-state index contributed by atoms with van der Waals surface area (Å²) in [6, 6.07) is 22.1. The number of urea groups is 2. The predicted molar refractivity (Wildman–Crippen MR) is 300 cm³/mol. The molecule has 0 aliphatic carbocycles. The van der Waals surface area contributed by atoms with Gasteiger partial charge in [0.2, 0.25) is 0 Å². The average molecular weight is 1170 g/mol. The monoisotopic (exact) mass is 1170 g/mol. The quantitative estimate of drug-likeness (QED) is 0.131. The van der Waals surface area contributed by atoms with Gasteiger partial charge in [0.05, 0.1) is 61.4 Å². The lowest BCUT2D eigenvalue weighted by Gasteiger charge is -2.35. The molecule has 4 saturated heterocycles. The molecule has 436 valence electrons. The smallest absolute Gasteiger partial charge is 0.410 e. The Balaban J connectivity index is 0.000000259. The summed E-state index contributed by atoms with van der Waals surface area (Å²) in [5.41, 5.74) is 3.21. The molecule has 0 saturated carbocycles. The molecule has 8 rings (SSSR count). The van der Waals surface area contributed by atoms with Crippen LogP contribution in [0.1, 0.15) is 63.7 Å². The van der Waals surface area contributed by atoms with Gasteiger partial charge in [-0.1, -0.05) is 36.4 Å². The molecule has 4 fully saturated rings. The van der Waals surface area contributed by atoms with Gasteiger partial charge in [0.25, 0.3) is 0 Å². The Morgan fingerprint density at radius 1 is 0.537 bits per heavy atom. The fourth-order valence-corrected chi connectivity index (χ4v) is 11.6. The topological polar surface area (TPSA) is 216 Å². The Kier molecular flexibility index (Phi) is 21.8. The number of hydrogen-bond donors (Lipinski definition) is 1. The lowest BCUT2D eigenvalue weighted by Crippen LogP contribution is -2.50. The summed E-state index contributed by atoms with van der Waals surface area (Å²) in [6.07, 6.45) is -0.316. The van der Waals surface area contributed by atoms with Crippen LogP contribution in [0.5, 0.6) is 0 Å². The number of benzene rings is 4. The van der Waals surface area contributed by atoms with E-state index in [-0.39, 0.29) is 103 Å². The number of carbonyl (C=O) groups excluding carboxylic acids is 5. The summed E-state index contributed by atoms with van der Waals surface area (Å²) in [7, 11) is -3.94. The molecule has 0 bridgehead atoms. The maximum Gasteiger partial charge on any atom is 0.410 e. The minimum absolute atomic E-state index is 0. The van der Waals surface area contributed by atoms with E-state index in [2.05, 4.69) is 24.6 Å². The predicted octanol–water partition coefficient (Wildman–Crippen LogP) is 5.82. The number of piperazine rings is 2. The Morgan fingerprint density at radius 3 is 1.26 bits per heavy atom. The van der Waals surface area contributed by atoms with E-state index in [0.717, 1.165) is 56.0 Å². The summed E-state index contributed by atoms with van der Waals surface area (Å²) in [6.45, 7) is 13.3. The van der Waals surface area contributed by atoms with E-state index in [1.165, 1.54) is 58.1 Å². The zero-order valence-corrected chi connectivity index (χ0v) is 48.2. The molecule has 0 radical (unpaired) electrons. The summed E-state index contributed by atoms with van der Waals surface area (Å²) in [5.74, 6) is -3.07. The van der Waals surface area contributed by atoms with Gasteiger partial charge < -0.3 is 34.2 Å². The van der Waals surface area contributed by atoms with Crippen LogP contribution in [0.4, 0.5) is 34.5 Å². The Morgan fingerprint density at radius 2 is 0.912 bits per heavy atom. The molecule has 20 nitrogen and oxygen atoms in total. The second-order valence-electron chi connectivity index (χ2n) is 20.7. The molecule has 4 aromatic rings. The number of rotatable bonds is 12. The van der Waals surface area contributed by atoms with Gasteiger partial charge in [0.15, 0.2) is 19.7 Å². The first-order valence-electron chi connectivity index (χ1n) is 26.1. The lowest BCUT2D eigenvalue weighted by atomic mass is 10.1. The van der Waals surface area contributed by atoms with E-state index < -0.39 is 60.9 Å². The third kappa shape index (κ3) is 17.5. The number of anilines is 2. The van der Waals surface area contributed by atoms with E-state index in [4.69, 9.17) is 4.74 Å². The van der Waals surface area contributed by atoms with Crippen LogP contribution < -0.4 is 15.1 Å². The Labute approximate surface area is 473 Å². The molecular weight excluding hydrogens is 1100 g/mol. The van der Waals surface area contributed by atoms with Crippen LogP contribution in [0, 0.1) is 11.6 Å². The van der Waals surface area contributed by atoms with Crippen LogP contribution in [-0.2, 0) is 60.1 Å². The minimum atomic E-state index is -3.21. The second kappa shape index (κ2) is 27.8. The summed E-state index contributed by atoms with van der Waals surface area (Å²) >= 11 is 0. The molecule has 0 spiro atoms. The van der Waals surface area contributed by atoms with E-state index in [0.29, 0.717) is 44.1 Å². The van der Waals surface area contributed by atoms with Crippen LogP contribution in [0.2, 0.25) is 0 Å². The van der Waals surface area contributed by atoms with E-state index in [1.54, 1.807) is 17.0 Å². The molecule has 1 N–H and O–H groups in total. The third-order valence-electron chi connectivity index (χ3n) is 13.8. The standard InChI is InChI=1S/C30H39FN4O7S.C25H31FN4O5S.ClH/c1-30(2,3)42-29(38)34-13-11-32(12-14-34)20-22-5-9-25(10-6-22)35(28(37)33-15-17-43(39,40)18-16-33)21-24-8-7-23(19-26(24)31)27(36)41-4;1-35-24(31)20-4-5-21(23(26)16-20)18-30(25(32)29-12-14-36(33,34)15-13-29)22-6-2-19(3-7-22)17-28-10-8-27-9-11-28;/h5-10,19H,11-18,20-21H2,1-4H3;2-7,16,27H,8-15,17-18H2,1H3;1H. The number of halogens is 3. The number of nitrogens with one attached hydrogen (secondary N) is 1. The molecule has 4 aliphatic rings. The van der Waals surface area contributed by atoms with Gasteiger partial charge in [-0.25, -0.2) is 49.6 Å². The SMILES string of the molecule is COC(=O)c1ccc(CN(C(=O)N2CCS(=O)(=O)CC2)c2ccc(CN3CCN(C(=O)OC(C)(C)C)CC3)cc2)c(F)c1.COC(=O)c1ccc(CN(C(=O)N2CCS(=O)(=O)CC2)c2ccc(CN3CCNCC3)cc2)c(F)c1.Cl. The molecular formula is C55H71ClF2N8O12S2. The van der Waals surface area contributed by atoms with E-state index >= 15 is 4.39 Å². The zero-order valence-electron chi connectivity index (χ0n) is 45.7. The fourth-order valence-electron chi connectivity index (χ4n) is 9.23. The third-order valence-corrected chi connectivity index (χ3v) is 17.1. The van der Waals surface area contributed by atoms with Crippen molar-refractivity contribution in [3.05, 3.63) is 130 Å². The molecule has 4 aliphatic heterocycles. The summed E-state index contributed by atoms with van der Waals surface area (Å²) < 4.78 is 92.3. The average Bonchev–Trinajstić information content (AvgIpc) is 3.42. The highest BCUT2D eigenvalue weighted by Crippen LogP contribution is 2.26. The molecule has 80 heavy (non-hydrogen) atoms. The second-order valence-corrected chi connectivity index (χ2v) is 25.3. The maximum atomic E-state index is 15.0. The number of hydrogen-bond acceptors (Lipinski definition) is 15. The van der Waals surface area contributed by atoms with Crippen molar-refractivity contribution in [2.75, 3.05) is 126 Å². The van der Waals surface area contributed by atoms with Crippen molar-refractivity contribution in [3.63, 3.8) is 0 Å². The highest BCUT2D eigenvalue weighted by Gasteiger charge is 2.32. The van der Waals surface area contributed by atoms with Crippen molar-refractivity contribution in [2.45, 2.75) is 52.6 Å². The molecule has 0 aromatic heterocycles. The van der Waals surface area contributed by atoms with Crippen LogP contribution in [0.15, 0.2) is 84.9 Å². The van der Waals surface area contributed by atoms with E-state index in [9.17, 15) is 45.2 Å². The van der Waals surface area contributed by atoms with Crippen molar-refractivity contribution in [2.24, 2.45) is 0 Å². The van der Waals surface area contributed by atoms with E-state index in [1.807, 2.05) is 57.2 Å². The normalized spacial score (nSPS) is 17.4. The summed E-state index contributed by atoms with van der Waals surface area (Å²) in [4.78, 5) is 75.1. The van der Waals surface area contributed by atoms with Crippen LogP contribution >= 0.6 is 12.4 Å². The number of esters is 2. The lowest BCUT2D eigenvalue weighted by molar-refractivity contribution is 0.0138. The van der Waals surface area contributed by atoms with Gasteiger partial charge in [0, 0.05) is 114 Å². The molecule has 5 amide bonds. The van der Waals surface area contributed by atoms with Gasteiger partial charge in [-0.3, -0.25) is 19.6 Å². The zero-order chi connectivity index (χ0) is 57.1. The minimum Gasteiger partial charge on any atom is -0.465 e. The van der Waals surface area contributed by atoms with Crippen LogP contribution in [0.25, 0.3) is 0 Å². The molecule has 25 heteroatoms. The van der Waals surface area contributed by atoms with Gasteiger partial charge >= 0.3 is 30.1 Å². The number of sulfone groups is 2. The number of nitrogens with zero attached hydrogens (tertiary/aromatic N) is 7. The maximum absolute atomic E-state index is 15.0. The summed E-state index contributed by atoms with van der Waals surface area (Å²) in [5, 5.41) is 3.33. The van der Waals surface area contributed by atoms with Crippen LogP contribution in [-0.4, -0.2) is 193 Å². The fraction of sp³-hybridized carbons (Fsp3) is 0.473. The molecule has 0 atom stereocenters. The van der Waals surface area contributed by atoms with Gasteiger partial charge in [0.1, 0.15) is 17.2 Å².